The normalized spacial score (nSPS) is 21.9. The lowest BCUT2D eigenvalue weighted by atomic mass is 9.75. The second-order valence-electron chi connectivity index (χ2n) is 6.15. The number of aliphatic hydroxyl groups is 1. The third-order valence-electron chi connectivity index (χ3n) is 4.48. The van der Waals surface area contributed by atoms with Gasteiger partial charge in [-0.3, -0.25) is 10.0 Å². The lowest BCUT2D eigenvalue weighted by Gasteiger charge is -2.30. The standard InChI is InChI=1S/C19H23NO9/c1-5-27-17(23)16(22)15-14(12-7-9-13(26-4)10-8-12)19(11(3)21,29-20(15)25)18(24)28-6-2/h7-10,14,16,22H,5-6H2,1-4H3/t14-,16+,19+/m1/s1. The predicted molar refractivity (Wildman–Crippen MR) is 98.1 cm³/mol. The maximum absolute atomic E-state index is 12.8. The van der Waals surface area contributed by atoms with Gasteiger partial charge in [-0.2, -0.15) is 0 Å². The molecular weight excluding hydrogens is 386 g/mol. The van der Waals surface area contributed by atoms with Crippen molar-refractivity contribution in [2.45, 2.75) is 38.4 Å². The van der Waals surface area contributed by atoms with Gasteiger partial charge in [0.2, 0.25) is 11.7 Å². The highest BCUT2D eigenvalue weighted by Gasteiger charge is 2.64. The zero-order valence-corrected chi connectivity index (χ0v) is 16.5. The summed E-state index contributed by atoms with van der Waals surface area (Å²) in [4.78, 5) is 42.4. The monoisotopic (exact) mass is 409 g/mol. The second-order valence-corrected chi connectivity index (χ2v) is 6.15. The number of carbonyl (C=O) groups excluding carboxylic acids is 3. The summed E-state index contributed by atoms with van der Waals surface area (Å²) in [6.07, 6.45) is -2.06. The van der Waals surface area contributed by atoms with Gasteiger partial charge in [0.25, 0.3) is 5.71 Å². The second kappa shape index (κ2) is 8.91. The summed E-state index contributed by atoms with van der Waals surface area (Å²) in [6, 6.07) is 6.04. The number of hydrogen-bond donors (Lipinski definition) is 1. The summed E-state index contributed by atoms with van der Waals surface area (Å²) in [5, 5.41) is 23.0. The van der Waals surface area contributed by atoms with Crippen LogP contribution in [0.3, 0.4) is 0 Å². The summed E-state index contributed by atoms with van der Waals surface area (Å²) < 4.78 is 14.8. The van der Waals surface area contributed by atoms with Gasteiger partial charge in [-0.15, -0.1) is 0 Å². The van der Waals surface area contributed by atoms with Crippen molar-refractivity contribution in [2.24, 2.45) is 0 Å². The van der Waals surface area contributed by atoms with E-state index in [9.17, 15) is 24.7 Å². The fourth-order valence-corrected chi connectivity index (χ4v) is 3.16. The van der Waals surface area contributed by atoms with E-state index in [-0.39, 0.29) is 23.7 Å². The lowest BCUT2D eigenvalue weighted by molar-refractivity contribution is -0.745. The topological polar surface area (TPSA) is 134 Å². The predicted octanol–water partition coefficient (Wildman–Crippen LogP) is 0.490. The van der Waals surface area contributed by atoms with Crippen LogP contribution >= 0.6 is 0 Å². The van der Waals surface area contributed by atoms with Crippen molar-refractivity contribution in [1.82, 2.24) is 0 Å². The van der Waals surface area contributed by atoms with Gasteiger partial charge < -0.3 is 24.2 Å². The first-order valence-electron chi connectivity index (χ1n) is 8.94. The Balaban J connectivity index is 2.68. The van der Waals surface area contributed by atoms with Crippen LogP contribution in [0.15, 0.2) is 24.3 Å². The molecule has 158 valence electrons. The molecule has 0 spiro atoms. The fourth-order valence-electron chi connectivity index (χ4n) is 3.16. The van der Waals surface area contributed by atoms with Crippen molar-refractivity contribution in [2.75, 3.05) is 20.3 Å². The number of rotatable bonds is 8. The Morgan fingerprint density at radius 3 is 2.28 bits per heavy atom. The van der Waals surface area contributed by atoms with E-state index in [1.807, 2.05) is 0 Å². The Kier molecular flexibility index (Phi) is 6.80. The highest BCUT2D eigenvalue weighted by atomic mass is 16.9. The Labute approximate surface area is 167 Å². The number of nitrogens with zero attached hydrogens (tertiary/aromatic N) is 1. The largest absolute Gasteiger partial charge is 0.497 e. The molecule has 1 aliphatic heterocycles. The number of hydrogen-bond acceptors (Lipinski definition) is 9. The Morgan fingerprint density at radius 1 is 1.21 bits per heavy atom. The molecule has 0 radical (unpaired) electrons. The molecule has 0 saturated heterocycles. The van der Waals surface area contributed by atoms with E-state index in [1.54, 1.807) is 0 Å². The molecule has 1 N–H and O–H groups in total. The molecule has 0 saturated carbocycles. The van der Waals surface area contributed by atoms with Gasteiger partial charge in [-0.05, 0) is 38.5 Å². The minimum atomic E-state index is -2.41. The minimum Gasteiger partial charge on any atom is -0.497 e. The van der Waals surface area contributed by atoms with Gasteiger partial charge in [0.1, 0.15) is 11.7 Å². The maximum Gasteiger partial charge on any atom is 0.346 e. The first kappa shape index (κ1) is 22.2. The molecule has 0 fully saturated rings. The zero-order valence-electron chi connectivity index (χ0n) is 16.5. The van der Waals surface area contributed by atoms with Crippen molar-refractivity contribution in [3.63, 3.8) is 0 Å². The summed E-state index contributed by atoms with van der Waals surface area (Å²) in [5.41, 5.74) is -2.71. The van der Waals surface area contributed by atoms with Crippen LogP contribution in [0, 0.1) is 5.21 Å². The molecule has 1 aromatic carbocycles. The van der Waals surface area contributed by atoms with E-state index in [0.717, 1.165) is 6.92 Å². The summed E-state index contributed by atoms with van der Waals surface area (Å²) in [7, 11) is 1.45. The third kappa shape index (κ3) is 3.88. The van der Waals surface area contributed by atoms with Crippen molar-refractivity contribution < 1.29 is 43.4 Å². The molecule has 1 aromatic rings. The molecule has 0 unspecified atom stereocenters. The number of methoxy groups -OCH3 is 1. The Bertz CT molecular complexity index is 817. The van der Waals surface area contributed by atoms with Crippen LogP contribution in [-0.4, -0.2) is 65.5 Å². The average Bonchev–Trinajstić information content (AvgIpc) is 3.02. The number of benzene rings is 1. The van der Waals surface area contributed by atoms with Crippen LogP contribution in [0.25, 0.3) is 0 Å². The van der Waals surface area contributed by atoms with E-state index < -0.39 is 41.1 Å². The van der Waals surface area contributed by atoms with Gasteiger partial charge in [-0.25, -0.2) is 9.59 Å². The molecule has 29 heavy (non-hydrogen) atoms. The van der Waals surface area contributed by atoms with E-state index >= 15 is 0 Å². The molecule has 10 nitrogen and oxygen atoms in total. The average molecular weight is 409 g/mol. The van der Waals surface area contributed by atoms with Crippen molar-refractivity contribution in [1.29, 1.82) is 0 Å². The highest BCUT2D eigenvalue weighted by molar-refractivity contribution is 6.17. The molecule has 1 heterocycles. The van der Waals surface area contributed by atoms with Crippen LogP contribution in [-0.2, 0) is 28.7 Å². The number of esters is 2. The molecule has 10 heteroatoms. The van der Waals surface area contributed by atoms with E-state index in [0.29, 0.717) is 5.75 Å². The number of carbonyl (C=O) groups is 3. The van der Waals surface area contributed by atoms with Gasteiger partial charge >= 0.3 is 11.9 Å². The van der Waals surface area contributed by atoms with Crippen molar-refractivity contribution >= 4 is 23.4 Å². The van der Waals surface area contributed by atoms with Crippen LogP contribution in [0.5, 0.6) is 5.75 Å². The number of Topliss-reactive ketones (excluding diaryl/α,β-unsaturated/α-hetero) is 1. The van der Waals surface area contributed by atoms with Crippen LogP contribution in [0.4, 0.5) is 0 Å². The van der Waals surface area contributed by atoms with E-state index in [1.165, 1.54) is 45.2 Å². The maximum atomic E-state index is 12.8. The van der Waals surface area contributed by atoms with Gasteiger partial charge in [-0.1, -0.05) is 12.1 Å². The molecule has 0 amide bonds. The first-order chi connectivity index (χ1) is 13.7. The smallest absolute Gasteiger partial charge is 0.346 e. The third-order valence-corrected chi connectivity index (χ3v) is 4.48. The summed E-state index contributed by atoms with van der Waals surface area (Å²) in [6.45, 7) is 3.97. The van der Waals surface area contributed by atoms with Gasteiger partial charge in [0, 0.05) is 4.90 Å². The molecule has 0 aromatic heterocycles. The molecule has 2 rings (SSSR count). The van der Waals surface area contributed by atoms with Crippen LogP contribution in [0.2, 0.25) is 0 Å². The lowest BCUT2D eigenvalue weighted by Crippen LogP contribution is -2.53. The van der Waals surface area contributed by atoms with Crippen molar-refractivity contribution in [3.8, 4) is 5.75 Å². The van der Waals surface area contributed by atoms with Crippen LogP contribution < -0.4 is 4.74 Å². The van der Waals surface area contributed by atoms with E-state index in [4.69, 9.17) is 19.0 Å². The first-order valence-corrected chi connectivity index (χ1v) is 8.94. The zero-order chi connectivity index (χ0) is 21.8. The van der Waals surface area contributed by atoms with Gasteiger partial charge in [0.15, 0.2) is 5.78 Å². The van der Waals surface area contributed by atoms with Crippen molar-refractivity contribution in [3.05, 3.63) is 35.0 Å². The van der Waals surface area contributed by atoms with E-state index in [2.05, 4.69) is 0 Å². The fraction of sp³-hybridized carbons (Fsp3) is 0.474. The Morgan fingerprint density at radius 2 is 1.79 bits per heavy atom. The number of ether oxygens (including phenoxy) is 3. The summed E-state index contributed by atoms with van der Waals surface area (Å²) >= 11 is 0. The molecule has 1 aliphatic rings. The van der Waals surface area contributed by atoms with Crippen LogP contribution in [0.1, 0.15) is 32.3 Å². The number of ketones is 1. The summed E-state index contributed by atoms with van der Waals surface area (Å²) in [5.74, 6) is -4.01. The molecule has 0 bridgehead atoms. The SMILES string of the molecule is CCOC(=O)[C@@H](O)C1=[N+]([O-])O[C@](C(C)=O)(C(=O)OCC)[C@@H]1c1ccc(OC)cc1. The van der Waals surface area contributed by atoms with Gasteiger partial charge in [0.05, 0.1) is 20.3 Å². The highest BCUT2D eigenvalue weighted by Crippen LogP contribution is 2.41. The Hall–Kier alpha value is -3.14. The molecule has 3 atom stereocenters. The quantitative estimate of drug-likeness (QED) is 0.370. The number of aliphatic hydroxyl groups excluding tert-OH is 1. The molecular formula is C19H23NO9. The molecule has 0 aliphatic carbocycles. The minimum absolute atomic E-state index is 0.0498.